The van der Waals surface area contributed by atoms with Gasteiger partial charge < -0.3 is 9.84 Å². The molecule has 0 aliphatic carbocycles. The van der Waals surface area contributed by atoms with Gasteiger partial charge in [-0.05, 0) is 66.0 Å². The van der Waals surface area contributed by atoms with Crippen LogP contribution < -0.4 is 9.46 Å². The van der Waals surface area contributed by atoms with E-state index in [1.54, 1.807) is 6.26 Å². The van der Waals surface area contributed by atoms with Gasteiger partial charge in [-0.1, -0.05) is 65.0 Å². The summed E-state index contributed by atoms with van der Waals surface area (Å²) in [5.41, 5.74) is 5.75. The highest BCUT2D eigenvalue weighted by Crippen LogP contribution is 2.41. The molecule has 0 aliphatic rings. The van der Waals surface area contributed by atoms with Crippen LogP contribution in [0.15, 0.2) is 36.4 Å². The molecule has 2 unspecified atom stereocenters. The van der Waals surface area contributed by atoms with Crippen LogP contribution in [0.25, 0.3) is 0 Å². The molecule has 2 N–H and O–H groups in total. The highest BCUT2D eigenvalue weighted by molar-refractivity contribution is 7.82. The summed E-state index contributed by atoms with van der Waals surface area (Å²) < 4.78 is 20.4. The van der Waals surface area contributed by atoms with Gasteiger partial charge in [0.2, 0.25) is 0 Å². The summed E-state index contributed by atoms with van der Waals surface area (Å²) in [5.74, 6) is 0.823. The molecule has 0 aliphatic heterocycles. The Labute approximate surface area is 197 Å². The van der Waals surface area contributed by atoms with E-state index in [1.807, 2.05) is 26.8 Å². The lowest BCUT2D eigenvalue weighted by Crippen LogP contribution is -2.32. The molecule has 0 fully saturated rings. The molecule has 0 spiro atoms. The first-order chi connectivity index (χ1) is 14.9. The number of rotatable bonds is 10. The minimum atomic E-state index is -1.02. The first-order valence-corrected chi connectivity index (χ1v) is 13.1. The second kappa shape index (κ2) is 11.0. The van der Waals surface area contributed by atoms with Gasteiger partial charge >= 0.3 is 0 Å². The van der Waals surface area contributed by atoms with Crippen LogP contribution in [0.2, 0.25) is 0 Å². The zero-order valence-corrected chi connectivity index (χ0v) is 21.9. The van der Waals surface area contributed by atoms with Crippen LogP contribution >= 0.6 is 0 Å². The maximum Gasteiger partial charge on any atom is 0.122 e. The maximum absolute atomic E-state index is 11.4. The van der Waals surface area contributed by atoms with E-state index in [-0.39, 0.29) is 17.4 Å². The first kappa shape index (κ1) is 26.6. The predicted octanol–water partition coefficient (Wildman–Crippen LogP) is 5.58. The number of aryl methyl sites for hydroxylation is 2. The van der Waals surface area contributed by atoms with E-state index in [4.69, 9.17) is 4.74 Å². The van der Waals surface area contributed by atoms with Crippen LogP contribution in [0.4, 0.5) is 0 Å². The number of benzene rings is 2. The van der Waals surface area contributed by atoms with Gasteiger partial charge in [-0.3, -0.25) is 0 Å². The van der Waals surface area contributed by atoms with E-state index in [9.17, 15) is 9.32 Å². The van der Waals surface area contributed by atoms with Crippen LogP contribution in [0, 0.1) is 19.3 Å². The highest BCUT2D eigenvalue weighted by atomic mass is 32.2. The lowest BCUT2D eigenvalue weighted by Gasteiger charge is -2.34. The van der Waals surface area contributed by atoms with Crippen molar-refractivity contribution in [2.24, 2.45) is 5.41 Å². The Kier molecular flexibility index (Phi) is 9.09. The summed E-state index contributed by atoms with van der Waals surface area (Å²) in [6.45, 7) is 15.6. The average molecular weight is 460 g/mol. The van der Waals surface area contributed by atoms with Gasteiger partial charge in [0.1, 0.15) is 12.4 Å². The number of aliphatic hydroxyl groups excluding tert-OH is 1. The molecule has 0 heterocycles. The van der Waals surface area contributed by atoms with Crippen LogP contribution in [0.1, 0.15) is 75.3 Å². The molecule has 2 atom stereocenters. The minimum Gasteiger partial charge on any atom is -0.491 e. The third-order valence-corrected chi connectivity index (χ3v) is 7.24. The molecule has 2 aromatic rings. The fraction of sp³-hybridized carbons (Fsp3) is 0.556. The summed E-state index contributed by atoms with van der Waals surface area (Å²) in [5, 5.41) is 10.3. The largest absolute Gasteiger partial charge is 0.491 e. The maximum atomic E-state index is 11.4. The van der Waals surface area contributed by atoms with Crippen molar-refractivity contribution in [2.75, 3.05) is 12.9 Å². The van der Waals surface area contributed by atoms with E-state index >= 15 is 0 Å². The molecule has 178 valence electrons. The van der Waals surface area contributed by atoms with E-state index in [0.29, 0.717) is 6.54 Å². The van der Waals surface area contributed by atoms with Crippen molar-refractivity contribution in [1.82, 2.24) is 4.72 Å². The van der Waals surface area contributed by atoms with Gasteiger partial charge in [0.25, 0.3) is 0 Å². The molecule has 5 heteroatoms. The SMILES string of the molecule is CCC(CC)(c1ccc(CNS(C)=O)c(C)c1)c1ccc(OCC(O)C(C)(C)C)c(C)c1. The Morgan fingerprint density at radius 3 is 2.03 bits per heavy atom. The van der Waals surface area contributed by atoms with Gasteiger partial charge in [0.05, 0.1) is 17.1 Å². The lowest BCUT2D eigenvalue weighted by molar-refractivity contribution is 0.0216. The molecular weight excluding hydrogens is 418 g/mol. The fourth-order valence-corrected chi connectivity index (χ4v) is 4.49. The monoisotopic (exact) mass is 459 g/mol. The summed E-state index contributed by atoms with van der Waals surface area (Å²) in [6, 6.07) is 13.1. The van der Waals surface area contributed by atoms with Gasteiger partial charge in [-0.15, -0.1) is 0 Å². The molecular formula is C27H41NO3S. The van der Waals surface area contributed by atoms with Gasteiger partial charge in [0.15, 0.2) is 0 Å². The van der Waals surface area contributed by atoms with Crippen molar-refractivity contribution in [3.8, 4) is 5.75 Å². The van der Waals surface area contributed by atoms with Crippen LogP contribution in [0.3, 0.4) is 0 Å². The van der Waals surface area contributed by atoms with Crippen LogP contribution in [-0.4, -0.2) is 28.3 Å². The molecule has 0 aromatic heterocycles. The van der Waals surface area contributed by atoms with Crippen molar-refractivity contribution in [3.63, 3.8) is 0 Å². The Balaban J connectivity index is 2.34. The second-order valence-electron chi connectivity index (χ2n) is 9.88. The van der Waals surface area contributed by atoms with E-state index in [0.717, 1.165) is 24.2 Å². The Bertz CT molecular complexity index is 929. The predicted molar refractivity (Wildman–Crippen MR) is 136 cm³/mol. The minimum absolute atomic E-state index is 0.0848. The second-order valence-corrected chi connectivity index (χ2v) is 11.1. The third kappa shape index (κ3) is 6.21. The zero-order valence-electron chi connectivity index (χ0n) is 21.0. The summed E-state index contributed by atoms with van der Waals surface area (Å²) in [6.07, 6.45) is 3.11. The fourth-order valence-electron chi connectivity index (χ4n) is 4.13. The summed E-state index contributed by atoms with van der Waals surface area (Å²) >= 11 is 0. The molecule has 0 saturated carbocycles. The van der Waals surface area contributed by atoms with Crippen molar-refractivity contribution in [2.45, 2.75) is 79.4 Å². The molecule has 0 amide bonds. The summed E-state index contributed by atoms with van der Waals surface area (Å²) in [7, 11) is -1.02. The number of aliphatic hydroxyl groups is 1. The van der Waals surface area contributed by atoms with Crippen LogP contribution in [-0.2, 0) is 22.9 Å². The Morgan fingerprint density at radius 2 is 1.56 bits per heavy atom. The van der Waals surface area contributed by atoms with Crippen molar-refractivity contribution in [3.05, 3.63) is 64.2 Å². The van der Waals surface area contributed by atoms with Gasteiger partial charge in [-0.2, -0.15) is 0 Å². The average Bonchev–Trinajstić information content (AvgIpc) is 2.72. The Hall–Kier alpha value is -1.69. The van der Waals surface area contributed by atoms with E-state index in [2.05, 4.69) is 62.7 Å². The summed E-state index contributed by atoms with van der Waals surface area (Å²) in [4.78, 5) is 0. The van der Waals surface area contributed by atoms with E-state index < -0.39 is 17.1 Å². The van der Waals surface area contributed by atoms with Gasteiger partial charge in [-0.25, -0.2) is 8.93 Å². The normalized spacial score (nSPS) is 14.3. The number of hydrogen-bond acceptors (Lipinski definition) is 3. The Morgan fingerprint density at radius 1 is 1.00 bits per heavy atom. The molecule has 0 radical (unpaired) electrons. The first-order valence-electron chi connectivity index (χ1n) is 11.5. The standard InChI is InChI=1S/C27H41NO3S/c1-9-27(10-2,22-12-11-21(19(3)15-22)17-28-32(8)30)23-13-14-24(20(4)16-23)31-18-25(29)26(5,6)7/h11-16,25,28-29H,9-10,17-18H2,1-8H3. The molecule has 0 saturated heterocycles. The van der Waals surface area contributed by atoms with Crippen molar-refractivity contribution >= 4 is 11.0 Å². The molecule has 4 nitrogen and oxygen atoms in total. The smallest absolute Gasteiger partial charge is 0.122 e. The van der Waals surface area contributed by atoms with Crippen molar-refractivity contribution < 1.29 is 14.1 Å². The lowest BCUT2D eigenvalue weighted by atomic mass is 9.70. The topological polar surface area (TPSA) is 58.6 Å². The molecule has 2 aromatic carbocycles. The van der Waals surface area contributed by atoms with Crippen LogP contribution in [0.5, 0.6) is 5.75 Å². The third-order valence-electron chi connectivity index (χ3n) is 6.69. The number of ether oxygens (including phenoxy) is 1. The van der Waals surface area contributed by atoms with Gasteiger partial charge in [0, 0.05) is 18.2 Å². The van der Waals surface area contributed by atoms with E-state index in [1.165, 1.54) is 22.3 Å². The van der Waals surface area contributed by atoms with Crippen molar-refractivity contribution in [1.29, 1.82) is 0 Å². The molecule has 2 rings (SSSR count). The highest BCUT2D eigenvalue weighted by Gasteiger charge is 2.31. The quantitative estimate of drug-likeness (QED) is 0.488. The zero-order chi connectivity index (χ0) is 24.1. The number of nitrogens with one attached hydrogen (secondary N) is 1. The number of hydrogen-bond donors (Lipinski definition) is 2. The molecule has 32 heavy (non-hydrogen) atoms. The molecule has 0 bridgehead atoms.